The summed E-state index contributed by atoms with van der Waals surface area (Å²) in [5.74, 6) is 0. The summed E-state index contributed by atoms with van der Waals surface area (Å²) in [4.78, 5) is 4.48. The minimum Gasteiger partial charge on any atom is -0.264 e. The van der Waals surface area contributed by atoms with Crippen LogP contribution in [0.15, 0.2) is 128 Å². The third-order valence-electron chi connectivity index (χ3n) is 9.18. The van der Waals surface area contributed by atoms with Gasteiger partial charge in [0.15, 0.2) is 0 Å². The molecule has 8 aromatic carbocycles. The monoisotopic (exact) mass is 503 g/mol. The molecule has 0 amide bonds. The van der Waals surface area contributed by atoms with Crippen LogP contribution in [0.4, 0.5) is 0 Å². The van der Waals surface area contributed by atoms with Gasteiger partial charge in [-0.2, -0.15) is 0 Å². The van der Waals surface area contributed by atoms with Gasteiger partial charge in [0.2, 0.25) is 0 Å². The summed E-state index contributed by atoms with van der Waals surface area (Å²) >= 11 is 0. The van der Waals surface area contributed by atoms with Crippen LogP contribution in [0.5, 0.6) is 0 Å². The van der Waals surface area contributed by atoms with Gasteiger partial charge in [-0.1, -0.05) is 91.0 Å². The van der Waals surface area contributed by atoms with Gasteiger partial charge >= 0.3 is 0 Å². The zero-order valence-corrected chi connectivity index (χ0v) is 21.6. The SMILES string of the molecule is c1cncc(-c2c3ccccc3cc3cc4c(cc23)-c2ccc3c5cccc6cccc(c7ccc-4c2c73)c65)c1. The number of fused-ring (bicyclic) bond motifs is 7. The predicted molar refractivity (Wildman–Crippen MR) is 170 cm³/mol. The van der Waals surface area contributed by atoms with Crippen LogP contribution in [-0.2, 0) is 0 Å². The number of pyridine rings is 1. The largest absolute Gasteiger partial charge is 0.264 e. The Morgan fingerprint density at radius 3 is 1.80 bits per heavy atom. The number of aromatic nitrogens is 1. The third kappa shape index (κ3) is 2.46. The lowest BCUT2D eigenvalue weighted by Crippen LogP contribution is -1.88. The van der Waals surface area contributed by atoms with Crippen LogP contribution >= 0.6 is 0 Å². The summed E-state index contributed by atoms with van der Waals surface area (Å²) < 4.78 is 0. The number of nitrogens with zero attached hydrogens (tertiary/aromatic N) is 1. The first-order chi connectivity index (χ1) is 19.8. The molecule has 1 heterocycles. The molecule has 0 unspecified atom stereocenters. The fourth-order valence-electron chi connectivity index (χ4n) is 7.57. The molecule has 1 aliphatic rings. The zero-order valence-electron chi connectivity index (χ0n) is 21.6. The van der Waals surface area contributed by atoms with Crippen molar-refractivity contribution in [3.8, 4) is 33.4 Å². The smallest absolute Gasteiger partial charge is 0.0346 e. The Morgan fingerprint density at radius 2 is 1.05 bits per heavy atom. The second-order valence-corrected chi connectivity index (χ2v) is 11.1. The van der Waals surface area contributed by atoms with E-state index >= 15 is 0 Å². The van der Waals surface area contributed by atoms with Crippen LogP contribution in [-0.4, -0.2) is 4.98 Å². The Kier molecular flexibility index (Phi) is 3.73. The van der Waals surface area contributed by atoms with Crippen molar-refractivity contribution in [3.63, 3.8) is 0 Å². The van der Waals surface area contributed by atoms with Crippen molar-refractivity contribution in [2.24, 2.45) is 0 Å². The highest BCUT2D eigenvalue weighted by Gasteiger charge is 2.26. The number of rotatable bonds is 1. The first-order valence-electron chi connectivity index (χ1n) is 13.9. The summed E-state index contributed by atoms with van der Waals surface area (Å²) in [7, 11) is 0. The van der Waals surface area contributed by atoms with Crippen molar-refractivity contribution < 1.29 is 0 Å². The van der Waals surface area contributed by atoms with Crippen LogP contribution in [0.1, 0.15) is 0 Å². The first-order valence-corrected chi connectivity index (χ1v) is 13.9. The Balaban J connectivity index is 1.37. The van der Waals surface area contributed by atoms with E-state index in [-0.39, 0.29) is 0 Å². The van der Waals surface area contributed by atoms with Gasteiger partial charge in [-0.25, -0.2) is 0 Å². The Morgan fingerprint density at radius 1 is 0.375 bits per heavy atom. The molecule has 40 heavy (non-hydrogen) atoms. The second-order valence-electron chi connectivity index (χ2n) is 11.1. The van der Waals surface area contributed by atoms with E-state index in [1.165, 1.54) is 92.5 Å². The molecule has 1 nitrogen and oxygen atoms in total. The normalized spacial score (nSPS) is 12.5. The maximum Gasteiger partial charge on any atom is 0.0346 e. The molecule has 10 rings (SSSR count). The van der Waals surface area contributed by atoms with Gasteiger partial charge in [-0.15, -0.1) is 0 Å². The highest BCUT2D eigenvalue weighted by Crippen LogP contribution is 2.53. The standard InChI is InChI=1S/C39H21N/c1-2-10-26-23(6-1)18-25-19-34-31-15-13-29-27-11-3-7-22-8-4-12-28(36(22)27)30-14-16-32(39(31)38(29)30)35(34)20-33(25)37(26)24-9-5-17-40-21-24/h1-21H. The van der Waals surface area contributed by atoms with Crippen molar-refractivity contribution in [3.05, 3.63) is 128 Å². The Labute approximate surface area is 230 Å². The maximum atomic E-state index is 4.48. The van der Waals surface area contributed by atoms with E-state index in [9.17, 15) is 0 Å². The zero-order chi connectivity index (χ0) is 25.9. The van der Waals surface area contributed by atoms with E-state index in [1.54, 1.807) is 0 Å². The molecule has 1 heteroatoms. The van der Waals surface area contributed by atoms with Gasteiger partial charge in [0.05, 0.1) is 0 Å². The van der Waals surface area contributed by atoms with Gasteiger partial charge in [-0.05, 0) is 117 Å². The van der Waals surface area contributed by atoms with Crippen LogP contribution in [0.2, 0.25) is 0 Å². The molecule has 0 saturated carbocycles. The molecule has 0 saturated heterocycles. The van der Waals surface area contributed by atoms with Gasteiger partial charge in [0, 0.05) is 18.0 Å². The second kappa shape index (κ2) is 7.22. The summed E-state index contributed by atoms with van der Waals surface area (Å²) in [6.07, 6.45) is 3.84. The molecule has 1 aliphatic carbocycles. The first kappa shape index (κ1) is 20.7. The highest BCUT2D eigenvalue weighted by molar-refractivity contribution is 6.37. The molecule has 182 valence electrons. The Hall–Kier alpha value is -5.27. The molecule has 0 fully saturated rings. The summed E-state index contributed by atoms with van der Waals surface area (Å²) in [5, 5.41) is 15.9. The molecule has 0 spiro atoms. The Bertz CT molecular complexity index is 2470. The summed E-state index contributed by atoms with van der Waals surface area (Å²) in [5.41, 5.74) is 7.75. The molecule has 0 aliphatic heterocycles. The number of hydrogen-bond acceptors (Lipinski definition) is 1. The average Bonchev–Trinajstić information content (AvgIpc) is 3.33. The molecule has 1 aromatic heterocycles. The van der Waals surface area contributed by atoms with Crippen molar-refractivity contribution in [1.82, 2.24) is 4.98 Å². The van der Waals surface area contributed by atoms with Crippen LogP contribution in [0.25, 0.3) is 98.0 Å². The topological polar surface area (TPSA) is 12.9 Å². The van der Waals surface area contributed by atoms with Crippen LogP contribution in [0, 0.1) is 0 Å². The molecule has 9 aromatic rings. The summed E-state index contributed by atoms with van der Waals surface area (Å²) in [6, 6.07) is 43.0. The lowest BCUT2D eigenvalue weighted by molar-refractivity contribution is 1.33. The minimum atomic E-state index is 1.15. The van der Waals surface area contributed by atoms with Crippen LogP contribution < -0.4 is 0 Å². The predicted octanol–water partition coefficient (Wildman–Crippen LogP) is 10.8. The lowest BCUT2D eigenvalue weighted by atomic mass is 9.88. The van der Waals surface area contributed by atoms with Gasteiger partial charge in [-0.3, -0.25) is 4.98 Å². The number of benzene rings is 8. The molecule has 0 bridgehead atoms. The fourth-order valence-corrected chi connectivity index (χ4v) is 7.57. The summed E-state index contributed by atoms with van der Waals surface area (Å²) in [6.45, 7) is 0. The van der Waals surface area contributed by atoms with Crippen molar-refractivity contribution in [2.45, 2.75) is 0 Å². The van der Waals surface area contributed by atoms with E-state index < -0.39 is 0 Å². The molecular formula is C39H21N. The van der Waals surface area contributed by atoms with E-state index in [2.05, 4.69) is 114 Å². The van der Waals surface area contributed by atoms with Gasteiger partial charge < -0.3 is 0 Å². The van der Waals surface area contributed by atoms with Crippen molar-refractivity contribution in [1.29, 1.82) is 0 Å². The van der Waals surface area contributed by atoms with Crippen LogP contribution in [0.3, 0.4) is 0 Å². The molecule has 0 atom stereocenters. The number of hydrogen-bond donors (Lipinski definition) is 0. The molecule has 0 N–H and O–H groups in total. The maximum absolute atomic E-state index is 4.48. The van der Waals surface area contributed by atoms with E-state index in [0.29, 0.717) is 0 Å². The minimum absolute atomic E-state index is 1.15. The molecule has 0 radical (unpaired) electrons. The van der Waals surface area contributed by atoms with Gasteiger partial charge in [0.1, 0.15) is 0 Å². The lowest BCUT2D eigenvalue weighted by Gasteiger charge is -2.15. The molecular weight excluding hydrogens is 482 g/mol. The van der Waals surface area contributed by atoms with E-state index in [4.69, 9.17) is 0 Å². The highest BCUT2D eigenvalue weighted by atomic mass is 14.6. The quantitative estimate of drug-likeness (QED) is 0.160. The van der Waals surface area contributed by atoms with E-state index in [0.717, 1.165) is 5.56 Å². The van der Waals surface area contributed by atoms with Crippen molar-refractivity contribution >= 4 is 64.6 Å². The van der Waals surface area contributed by atoms with Crippen molar-refractivity contribution in [2.75, 3.05) is 0 Å². The fraction of sp³-hybridized carbons (Fsp3) is 0. The third-order valence-corrected chi connectivity index (χ3v) is 9.18. The average molecular weight is 504 g/mol. The van der Waals surface area contributed by atoms with E-state index in [1.807, 2.05) is 18.5 Å². The van der Waals surface area contributed by atoms with Gasteiger partial charge in [0.25, 0.3) is 0 Å².